The zero-order valence-electron chi connectivity index (χ0n) is 9.06. The standard InChI is InChI=1S/C11H12FNO3S/c12-8-1-2-10(9(5-8)13(14)15)16-6-11(7-17)3-4-11/h1-2,5,17H,3-4,6-7H2. The van der Waals surface area contributed by atoms with Gasteiger partial charge in [0.1, 0.15) is 5.82 Å². The Morgan fingerprint density at radius 1 is 1.53 bits per heavy atom. The second-order valence-electron chi connectivity index (χ2n) is 4.32. The normalized spacial score (nSPS) is 16.6. The van der Waals surface area contributed by atoms with Crippen LogP contribution in [0.4, 0.5) is 10.1 Å². The smallest absolute Gasteiger partial charge is 0.313 e. The van der Waals surface area contributed by atoms with Gasteiger partial charge in [-0.1, -0.05) is 0 Å². The number of nitro groups is 1. The predicted octanol–water partition coefficient (Wildman–Crippen LogP) is 2.82. The van der Waals surface area contributed by atoms with E-state index in [2.05, 4.69) is 12.6 Å². The van der Waals surface area contributed by atoms with E-state index in [0.717, 1.165) is 25.0 Å². The van der Waals surface area contributed by atoms with Crippen LogP contribution in [0.5, 0.6) is 5.75 Å². The molecule has 0 saturated heterocycles. The molecular weight excluding hydrogens is 245 g/mol. The van der Waals surface area contributed by atoms with Crippen LogP contribution >= 0.6 is 12.6 Å². The summed E-state index contributed by atoms with van der Waals surface area (Å²) >= 11 is 4.22. The lowest BCUT2D eigenvalue weighted by atomic mass is 10.1. The van der Waals surface area contributed by atoms with Crippen LogP contribution in [-0.2, 0) is 0 Å². The topological polar surface area (TPSA) is 52.4 Å². The number of thiol groups is 1. The van der Waals surface area contributed by atoms with E-state index in [1.165, 1.54) is 6.07 Å². The van der Waals surface area contributed by atoms with Gasteiger partial charge in [0.05, 0.1) is 17.6 Å². The van der Waals surface area contributed by atoms with Gasteiger partial charge in [-0.15, -0.1) is 0 Å². The number of benzene rings is 1. The number of rotatable bonds is 5. The first-order valence-electron chi connectivity index (χ1n) is 5.24. The molecule has 0 radical (unpaired) electrons. The van der Waals surface area contributed by atoms with Crippen molar-refractivity contribution >= 4 is 18.3 Å². The van der Waals surface area contributed by atoms with Gasteiger partial charge < -0.3 is 4.74 Å². The highest BCUT2D eigenvalue weighted by molar-refractivity contribution is 7.80. The van der Waals surface area contributed by atoms with Crippen molar-refractivity contribution in [3.8, 4) is 5.75 Å². The number of nitro benzene ring substituents is 1. The summed E-state index contributed by atoms with van der Waals surface area (Å²) in [6.07, 6.45) is 2.04. The molecular formula is C11H12FNO3S. The zero-order valence-corrected chi connectivity index (χ0v) is 9.95. The highest BCUT2D eigenvalue weighted by Gasteiger charge is 2.42. The van der Waals surface area contributed by atoms with Crippen LogP contribution in [0.2, 0.25) is 0 Å². The van der Waals surface area contributed by atoms with Crippen LogP contribution in [0.3, 0.4) is 0 Å². The lowest BCUT2D eigenvalue weighted by Gasteiger charge is -2.13. The summed E-state index contributed by atoms with van der Waals surface area (Å²) in [5.74, 6) is 0.172. The van der Waals surface area contributed by atoms with Crippen LogP contribution in [-0.4, -0.2) is 17.3 Å². The lowest BCUT2D eigenvalue weighted by molar-refractivity contribution is -0.386. The summed E-state index contributed by atoms with van der Waals surface area (Å²) in [6.45, 7) is 0.392. The number of ether oxygens (including phenoxy) is 1. The minimum absolute atomic E-state index is 0.0470. The van der Waals surface area contributed by atoms with Gasteiger partial charge in [-0.05, 0) is 30.7 Å². The Morgan fingerprint density at radius 2 is 2.24 bits per heavy atom. The molecule has 0 aliphatic heterocycles. The molecule has 0 heterocycles. The summed E-state index contributed by atoms with van der Waals surface area (Å²) in [5, 5.41) is 10.7. The van der Waals surface area contributed by atoms with Crippen LogP contribution in [0.15, 0.2) is 18.2 Å². The monoisotopic (exact) mass is 257 g/mol. The molecule has 1 aliphatic carbocycles. The average molecular weight is 257 g/mol. The molecule has 6 heteroatoms. The maximum Gasteiger partial charge on any atom is 0.313 e. The fraction of sp³-hybridized carbons (Fsp3) is 0.455. The molecule has 0 unspecified atom stereocenters. The quantitative estimate of drug-likeness (QED) is 0.501. The Morgan fingerprint density at radius 3 is 2.76 bits per heavy atom. The summed E-state index contributed by atoms with van der Waals surface area (Å²) in [4.78, 5) is 10.1. The molecule has 1 aromatic rings. The Hall–Kier alpha value is -1.30. The molecule has 0 N–H and O–H groups in total. The van der Waals surface area contributed by atoms with Gasteiger partial charge >= 0.3 is 5.69 Å². The molecule has 1 fully saturated rings. The highest BCUT2D eigenvalue weighted by Crippen LogP contribution is 2.47. The number of halogens is 1. The number of hydrogen-bond acceptors (Lipinski definition) is 4. The van der Waals surface area contributed by atoms with E-state index in [9.17, 15) is 14.5 Å². The summed E-state index contributed by atoms with van der Waals surface area (Å²) in [6, 6.07) is 3.32. The van der Waals surface area contributed by atoms with E-state index in [0.29, 0.717) is 12.4 Å². The highest BCUT2D eigenvalue weighted by atomic mass is 32.1. The van der Waals surface area contributed by atoms with E-state index in [-0.39, 0.29) is 16.9 Å². The van der Waals surface area contributed by atoms with E-state index in [4.69, 9.17) is 4.74 Å². The minimum atomic E-state index is -0.640. The van der Waals surface area contributed by atoms with Gasteiger partial charge in [0.2, 0.25) is 0 Å². The molecule has 0 atom stereocenters. The van der Waals surface area contributed by atoms with Gasteiger partial charge in [-0.3, -0.25) is 10.1 Å². The third-order valence-corrected chi connectivity index (χ3v) is 3.61. The third-order valence-electron chi connectivity index (χ3n) is 2.94. The second-order valence-corrected chi connectivity index (χ2v) is 4.63. The molecule has 1 aromatic carbocycles. The second kappa shape index (κ2) is 4.52. The van der Waals surface area contributed by atoms with Gasteiger partial charge in [0.25, 0.3) is 0 Å². The van der Waals surface area contributed by atoms with Crippen molar-refractivity contribution in [1.82, 2.24) is 0 Å². The van der Waals surface area contributed by atoms with E-state index in [1.54, 1.807) is 0 Å². The molecule has 0 spiro atoms. The van der Waals surface area contributed by atoms with E-state index in [1.807, 2.05) is 0 Å². The SMILES string of the molecule is O=[N+]([O-])c1cc(F)ccc1OCC1(CS)CC1. The molecule has 4 nitrogen and oxygen atoms in total. The predicted molar refractivity (Wildman–Crippen MR) is 64.1 cm³/mol. The van der Waals surface area contributed by atoms with Crippen molar-refractivity contribution in [1.29, 1.82) is 0 Å². The molecule has 1 saturated carbocycles. The molecule has 0 aromatic heterocycles. The van der Waals surface area contributed by atoms with Gasteiger partial charge in [0, 0.05) is 5.41 Å². The van der Waals surface area contributed by atoms with Crippen LogP contribution < -0.4 is 4.74 Å². The minimum Gasteiger partial charge on any atom is -0.486 e. The molecule has 0 bridgehead atoms. The Kier molecular flexibility index (Phi) is 3.24. The summed E-state index contributed by atoms with van der Waals surface area (Å²) in [7, 11) is 0. The number of nitrogens with zero attached hydrogens (tertiary/aromatic N) is 1. The molecule has 2 rings (SSSR count). The fourth-order valence-electron chi connectivity index (χ4n) is 1.51. The van der Waals surface area contributed by atoms with Crippen molar-refractivity contribution in [3.63, 3.8) is 0 Å². The van der Waals surface area contributed by atoms with Crippen molar-refractivity contribution in [2.75, 3.05) is 12.4 Å². The first kappa shape index (κ1) is 12.2. The van der Waals surface area contributed by atoms with Gasteiger partial charge in [0.15, 0.2) is 5.75 Å². The first-order chi connectivity index (χ1) is 8.06. The summed E-state index contributed by atoms with van der Waals surface area (Å²) in [5.41, 5.74) is -0.286. The lowest BCUT2D eigenvalue weighted by Crippen LogP contribution is -2.15. The van der Waals surface area contributed by atoms with Gasteiger partial charge in [-0.2, -0.15) is 12.6 Å². The Labute approximate surface area is 103 Å². The fourth-order valence-corrected chi connectivity index (χ4v) is 1.92. The Bertz CT molecular complexity index is 448. The maximum absolute atomic E-state index is 12.9. The molecule has 92 valence electrons. The Balaban J connectivity index is 2.12. The van der Waals surface area contributed by atoms with Crippen LogP contribution in [0.25, 0.3) is 0 Å². The maximum atomic E-state index is 12.9. The van der Waals surface area contributed by atoms with Gasteiger partial charge in [-0.25, -0.2) is 4.39 Å². The molecule has 0 amide bonds. The molecule has 17 heavy (non-hydrogen) atoms. The summed E-state index contributed by atoms with van der Waals surface area (Å²) < 4.78 is 18.3. The van der Waals surface area contributed by atoms with Crippen LogP contribution in [0.1, 0.15) is 12.8 Å². The van der Waals surface area contributed by atoms with Crippen LogP contribution in [0, 0.1) is 21.3 Å². The largest absolute Gasteiger partial charge is 0.486 e. The third kappa shape index (κ3) is 2.69. The van der Waals surface area contributed by atoms with Crippen molar-refractivity contribution in [2.24, 2.45) is 5.41 Å². The zero-order chi connectivity index (χ0) is 12.5. The van der Waals surface area contributed by atoms with E-state index < -0.39 is 10.7 Å². The van der Waals surface area contributed by atoms with Crippen molar-refractivity contribution in [3.05, 3.63) is 34.1 Å². The average Bonchev–Trinajstić information content (AvgIpc) is 3.08. The first-order valence-corrected chi connectivity index (χ1v) is 5.87. The van der Waals surface area contributed by atoms with E-state index >= 15 is 0 Å². The van der Waals surface area contributed by atoms with Crippen molar-refractivity contribution in [2.45, 2.75) is 12.8 Å². The molecule has 1 aliphatic rings. The number of hydrogen-bond donors (Lipinski definition) is 1. The van der Waals surface area contributed by atoms with Crippen molar-refractivity contribution < 1.29 is 14.1 Å².